The number of methoxy groups -OCH3 is 1. The lowest BCUT2D eigenvalue weighted by Gasteiger charge is -2.12. The minimum absolute atomic E-state index is 0.0758. The van der Waals surface area contributed by atoms with Gasteiger partial charge in [0.15, 0.2) is 11.6 Å². The van der Waals surface area contributed by atoms with Crippen LogP contribution in [0.1, 0.15) is 35.0 Å². The highest BCUT2D eigenvalue weighted by atomic mass is 16.5. The maximum atomic E-state index is 13.2. The number of aryl methyl sites for hydroxylation is 1. The van der Waals surface area contributed by atoms with Crippen molar-refractivity contribution in [1.29, 1.82) is 0 Å². The summed E-state index contributed by atoms with van der Waals surface area (Å²) >= 11 is 0. The Labute approximate surface area is 192 Å². The first kappa shape index (κ1) is 22.1. The van der Waals surface area contributed by atoms with Gasteiger partial charge in [-0.05, 0) is 35.2 Å². The van der Waals surface area contributed by atoms with Crippen LogP contribution in [0.3, 0.4) is 0 Å². The predicted molar refractivity (Wildman–Crippen MR) is 128 cm³/mol. The van der Waals surface area contributed by atoms with Crippen molar-refractivity contribution in [2.75, 3.05) is 12.8 Å². The molecule has 0 saturated heterocycles. The molecule has 0 unspecified atom stereocenters. The molecule has 0 saturated carbocycles. The minimum Gasteiger partial charge on any atom is -0.494 e. The summed E-state index contributed by atoms with van der Waals surface area (Å²) < 4.78 is 5.44. The first-order valence-corrected chi connectivity index (χ1v) is 10.8. The number of pyridine rings is 2. The van der Waals surface area contributed by atoms with Crippen LogP contribution in [-0.4, -0.2) is 32.8 Å². The van der Waals surface area contributed by atoms with E-state index in [-0.39, 0.29) is 23.7 Å². The second-order valence-electron chi connectivity index (χ2n) is 7.64. The molecule has 0 atom stereocenters. The molecule has 4 rings (SSSR count). The third kappa shape index (κ3) is 4.87. The molecule has 0 aliphatic carbocycles. The van der Waals surface area contributed by atoms with Crippen molar-refractivity contribution in [2.45, 2.75) is 26.2 Å². The van der Waals surface area contributed by atoms with E-state index in [0.717, 1.165) is 35.1 Å². The van der Waals surface area contributed by atoms with Crippen LogP contribution in [0.5, 0.6) is 5.75 Å². The molecule has 0 aliphatic rings. The number of ether oxygens (including phenoxy) is 1. The number of Topliss-reactive ketones (excluding diaryl/α,β-unsaturated/α-hetero) is 1. The number of nitrogen functional groups attached to an aromatic ring is 1. The zero-order valence-corrected chi connectivity index (χ0v) is 18.7. The highest BCUT2D eigenvalue weighted by Crippen LogP contribution is 2.31. The fourth-order valence-electron chi connectivity index (χ4n) is 3.73. The van der Waals surface area contributed by atoms with Crippen molar-refractivity contribution in [3.05, 3.63) is 84.2 Å². The lowest BCUT2D eigenvalue weighted by molar-refractivity contribution is 0.0989. The molecule has 4 aromatic rings. The molecule has 1 aromatic carbocycles. The van der Waals surface area contributed by atoms with E-state index in [1.807, 2.05) is 24.3 Å². The number of hydrogen-bond donors (Lipinski definition) is 1. The zero-order valence-electron chi connectivity index (χ0n) is 18.7. The first-order chi connectivity index (χ1) is 16.1. The quantitative estimate of drug-likeness (QED) is 0.401. The van der Waals surface area contributed by atoms with Crippen LogP contribution in [0.4, 0.5) is 5.82 Å². The van der Waals surface area contributed by atoms with Crippen molar-refractivity contribution in [3.63, 3.8) is 0 Å². The molecule has 2 N–H and O–H groups in total. The van der Waals surface area contributed by atoms with Gasteiger partial charge >= 0.3 is 0 Å². The lowest BCUT2D eigenvalue weighted by Crippen LogP contribution is -2.12. The SMILES string of the molecule is CCCc1ccc(-c2cnc(N)c(C(=O)Cc3cnccc3-c3ccncc3OC)n2)cc1. The second-order valence-corrected chi connectivity index (χ2v) is 7.64. The summed E-state index contributed by atoms with van der Waals surface area (Å²) in [4.78, 5) is 30.3. The maximum Gasteiger partial charge on any atom is 0.189 e. The van der Waals surface area contributed by atoms with E-state index in [1.165, 1.54) is 5.56 Å². The molecule has 0 bridgehead atoms. The number of nitrogens with two attached hydrogens (primary N) is 1. The summed E-state index contributed by atoms with van der Waals surface area (Å²) in [6, 6.07) is 11.8. The maximum absolute atomic E-state index is 13.2. The van der Waals surface area contributed by atoms with E-state index < -0.39 is 0 Å². The Morgan fingerprint density at radius 3 is 2.42 bits per heavy atom. The van der Waals surface area contributed by atoms with Crippen molar-refractivity contribution in [3.8, 4) is 28.1 Å². The van der Waals surface area contributed by atoms with Gasteiger partial charge in [0.25, 0.3) is 0 Å². The van der Waals surface area contributed by atoms with E-state index >= 15 is 0 Å². The fraction of sp³-hybridized carbons (Fsp3) is 0.192. The topological polar surface area (TPSA) is 104 Å². The second kappa shape index (κ2) is 9.99. The largest absolute Gasteiger partial charge is 0.494 e. The highest BCUT2D eigenvalue weighted by molar-refractivity contribution is 6.00. The summed E-state index contributed by atoms with van der Waals surface area (Å²) in [6.45, 7) is 2.15. The average Bonchev–Trinajstić information content (AvgIpc) is 2.85. The van der Waals surface area contributed by atoms with Gasteiger partial charge in [-0.15, -0.1) is 0 Å². The number of carbonyl (C=O) groups is 1. The summed E-state index contributed by atoms with van der Waals surface area (Å²) in [5.74, 6) is 0.496. The van der Waals surface area contributed by atoms with Crippen molar-refractivity contribution in [2.24, 2.45) is 0 Å². The molecule has 7 heteroatoms. The summed E-state index contributed by atoms with van der Waals surface area (Å²) in [6.07, 6.45) is 10.5. The average molecular weight is 440 g/mol. The molecule has 0 spiro atoms. The van der Waals surface area contributed by atoms with Crippen LogP contribution < -0.4 is 10.5 Å². The molecule has 7 nitrogen and oxygen atoms in total. The van der Waals surface area contributed by atoms with Crippen LogP contribution in [0.25, 0.3) is 22.4 Å². The standard InChI is InChI=1S/C26H25N5O2/c1-3-4-17-5-7-18(8-6-17)22-15-30-26(27)25(31-22)23(32)13-19-14-28-11-9-20(19)21-10-12-29-16-24(21)33-2/h5-12,14-16H,3-4,13H2,1-2H3,(H2,27,30). The van der Waals surface area contributed by atoms with Gasteiger partial charge in [0, 0.05) is 36.1 Å². The molecule has 3 heterocycles. The van der Waals surface area contributed by atoms with Crippen molar-refractivity contribution < 1.29 is 9.53 Å². The van der Waals surface area contributed by atoms with Crippen LogP contribution in [0.2, 0.25) is 0 Å². The molecule has 3 aromatic heterocycles. The number of aromatic nitrogens is 4. The normalized spacial score (nSPS) is 10.7. The molecule has 0 fully saturated rings. The van der Waals surface area contributed by atoms with E-state index in [9.17, 15) is 4.79 Å². The lowest BCUT2D eigenvalue weighted by atomic mass is 9.97. The number of ketones is 1. The van der Waals surface area contributed by atoms with Crippen molar-refractivity contribution >= 4 is 11.6 Å². The number of benzene rings is 1. The third-order valence-corrected chi connectivity index (χ3v) is 5.40. The van der Waals surface area contributed by atoms with Gasteiger partial charge in [-0.2, -0.15) is 0 Å². The van der Waals surface area contributed by atoms with Gasteiger partial charge in [0.05, 0.1) is 25.2 Å². The number of anilines is 1. The summed E-state index contributed by atoms with van der Waals surface area (Å²) in [7, 11) is 1.59. The van der Waals surface area contributed by atoms with Crippen LogP contribution in [0, 0.1) is 0 Å². The van der Waals surface area contributed by atoms with Gasteiger partial charge in [-0.3, -0.25) is 14.8 Å². The Kier molecular flexibility index (Phi) is 6.69. The Hall–Kier alpha value is -4.13. The Morgan fingerprint density at radius 1 is 0.970 bits per heavy atom. The zero-order chi connectivity index (χ0) is 23.2. The summed E-state index contributed by atoms with van der Waals surface area (Å²) in [5.41, 5.74) is 11.4. The van der Waals surface area contributed by atoms with Crippen LogP contribution in [-0.2, 0) is 12.8 Å². The van der Waals surface area contributed by atoms with Crippen LogP contribution >= 0.6 is 0 Å². The van der Waals surface area contributed by atoms with E-state index in [1.54, 1.807) is 38.1 Å². The van der Waals surface area contributed by atoms with Gasteiger partial charge in [0.2, 0.25) is 0 Å². The van der Waals surface area contributed by atoms with E-state index in [0.29, 0.717) is 11.4 Å². The van der Waals surface area contributed by atoms with E-state index in [4.69, 9.17) is 10.5 Å². The fourth-order valence-corrected chi connectivity index (χ4v) is 3.73. The van der Waals surface area contributed by atoms with Gasteiger partial charge in [-0.25, -0.2) is 9.97 Å². The van der Waals surface area contributed by atoms with Crippen molar-refractivity contribution in [1.82, 2.24) is 19.9 Å². The molecule has 0 aliphatic heterocycles. The Morgan fingerprint density at radius 2 is 1.70 bits per heavy atom. The molecule has 0 radical (unpaired) electrons. The monoisotopic (exact) mass is 439 g/mol. The molecule has 166 valence electrons. The Balaban J connectivity index is 1.64. The molecular weight excluding hydrogens is 414 g/mol. The van der Waals surface area contributed by atoms with Gasteiger partial charge < -0.3 is 10.5 Å². The Bertz CT molecular complexity index is 1270. The highest BCUT2D eigenvalue weighted by Gasteiger charge is 2.19. The summed E-state index contributed by atoms with van der Waals surface area (Å²) in [5, 5.41) is 0. The van der Waals surface area contributed by atoms with Gasteiger partial charge in [0.1, 0.15) is 11.4 Å². The molecule has 0 amide bonds. The minimum atomic E-state index is -0.230. The first-order valence-electron chi connectivity index (χ1n) is 10.8. The molecular formula is C26H25N5O2. The third-order valence-electron chi connectivity index (χ3n) is 5.40. The number of carbonyl (C=O) groups excluding carboxylic acids is 1. The van der Waals surface area contributed by atoms with Gasteiger partial charge in [-0.1, -0.05) is 37.6 Å². The number of nitrogens with zero attached hydrogens (tertiary/aromatic N) is 4. The predicted octanol–water partition coefficient (Wildman–Crippen LogP) is 4.57. The van der Waals surface area contributed by atoms with Crippen LogP contribution in [0.15, 0.2) is 67.4 Å². The number of rotatable bonds is 8. The smallest absolute Gasteiger partial charge is 0.189 e. The molecule has 33 heavy (non-hydrogen) atoms. The van der Waals surface area contributed by atoms with E-state index in [2.05, 4.69) is 39.0 Å². The number of hydrogen-bond acceptors (Lipinski definition) is 7.